The van der Waals surface area contributed by atoms with E-state index in [-0.39, 0.29) is 0 Å². The highest BCUT2D eigenvalue weighted by Crippen LogP contribution is 2.16. The molecule has 0 spiro atoms. The summed E-state index contributed by atoms with van der Waals surface area (Å²) in [5.41, 5.74) is 1.70. The molecule has 0 amide bonds. The monoisotopic (exact) mass is 220 g/mol. The third-order valence-electron chi connectivity index (χ3n) is 2.65. The van der Waals surface area contributed by atoms with Crippen molar-refractivity contribution in [3.8, 4) is 0 Å². The standard InChI is InChI=1S/C14H24N2/c1-14(2,11-15-3)12-16(4)10-13-8-6-5-7-9-13/h5-9,15H,10-12H2,1-4H3. The van der Waals surface area contributed by atoms with Crippen LogP contribution in [-0.2, 0) is 6.54 Å². The van der Waals surface area contributed by atoms with E-state index in [4.69, 9.17) is 0 Å². The van der Waals surface area contributed by atoms with Gasteiger partial charge in [-0.05, 0) is 25.1 Å². The van der Waals surface area contributed by atoms with Gasteiger partial charge in [-0.3, -0.25) is 0 Å². The minimum absolute atomic E-state index is 0.318. The molecule has 0 saturated heterocycles. The zero-order chi connectivity index (χ0) is 12.0. The molecule has 1 rings (SSSR count). The number of hydrogen-bond acceptors (Lipinski definition) is 2. The van der Waals surface area contributed by atoms with Gasteiger partial charge in [-0.2, -0.15) is 0 Å². The van der Waals surface area contributed by atoms with Gasteiger partial charge in [0.1, 0.15) is 0 Å². The Morgan fingerprint density at radius 2 is 1.81 bits per heavy atom. The largest absolute Gasteiger partial charge is 0.319 e. The normalized spacial score (nSPS) is 12.1. The van der Waals surface area contributed by atoms with E-state index in [1.54, 1.807) is 0 Å². The quantitative estimate of drug-likeness (QED) is 0.792. The molecular formula is C14H24N2. The average Bonchev–Trinajstić information content (AvgIpc) is 2.17. The molecule has 16 heavy (non-hydrogen) atoms. The molecule has 0 aliphatic heterocycles. The molecule has 0 unspecified atom stereocenters. The third kappa shape index (κ3) is 4.77. The van der Waals surface area contributed by atoms with Crippen LogP contribution in [0.2, 0.25) is 0 Å². The van der Waals surface area contributed by atoms with E-state index >= 15 is 0 Å². The van der Waals surface area contributed by atoms with Crippen LogP contribution in [0.4, 0.5) is 0 Å². The molecule has 90 valence electrons. The molecule has 2 nitrogen and oxygen atoms in total. The first-order valence-corrected chi connectivity index (χ1v) is 5.90. The summed E-state index contributed by atoms with van der Waals surface area (Å²) in [5.74, 6) is 0. The van der Waals surface area contributed by atoms with Crippen molar-refractivity contribution in [2.75, 3.05) is 27.2 Å². The molecule has 0 heterocycles. The van der Waals surface area contributed by atoms with Crippen LogP contribution < -0.4 is 5.32 Å². The Kier molecular flexibility index (Phi) is 4.97. The van der Waals surface area contributed by atoms with Gasteiger partial charge in [0.05, 0.1) is 0 Å². The molecular weight excluding hydrogens is 196 g/mol. The minimum atomic E-state index is 0.318. The highest BCUT2D eigenvalue weighted by Gasteiger charge is 2.18. The topological polar surface area (TPSA) is 15.3 Å². The molecule has 0 bridgehead atoms. The summed E-state index contributed by atoms with van der Waals surface area (Å²) in [6.45, 7) is 7.76. The van der Waals surface area contributed by atoms with E-state index in [9.17, 15) is 0 Å². The fourth-order valence-electron chi connectivity index (χ4n) is 2.22. The van der Waals surface area contributed by atoms with Crippen LogP contribution in [0.3, 0.4) is 0 Å². The van der Waals surface area contributed by atoms with Crippen molar-refractivity contribution in [3.05, 3.63) is 35.9 Å². The molecule has 1 aromatic carbocycles. The highest BCUT2D eigenvalue weighted by atomic mass is 15.1. The second-order valence-corrected chi connectivity index (χ2v) is 5.35. The van der Waals surface area contributed by atoms with E-state index < -0.39 is 0 Å². The molecule has 0 aliphatic carbocycles. The van der Waals surface area contributed by atoms with Crippen LogP contribution in [0.1, 0.15) is 19.4 Å². The van der Waals surface area contributed by atoms with E-state index in [1.807, 2.05) is 7.05 Å². The van der Waals surface area contributed by atoms with Crippen molar-refractivity contribution in [1.29, 1.82) is 0 Å². The van der Waals surface area contributed by atoms with Gasteiger partial charge in [-0.15, -0.1) is 0 Å². The molecule has 2 heteroatoms. The number of rotatable bonds is 6. The Morgan fingerprint density at radius 1 is 1.19 bits per heavy atom. The molecule has 0 aliphatic rings. The highest BCUT2D eigenvalue weighted by molar-refractivity contribution is 5.14. The Hall–Kier alpha value is -0.860. The first-order chi connectivity index (χ1) is 7.53. The lowest BCUT2D eigenvalue weighted by atomic mass is 9.93. The SMILES string of the molecule is CNCC(C)(C)CN(C)Cc1ccccc1. The molecule has 0 saturated carbocycles. The minimum Gasteiger partial charge on any atom is -0.319 e. The predicted octanol–water partition coefficient (Wildman–Crippen LogP) is 2.36. The lowest BCUT2D eigenvalue weighted by Crippen LogP contribution is -2.37. The molecule has 0 aromatic heterocycles. The van der Waals surface area contributed by atoms with Crippen LogP contribution in [0.25, 0.3) is 0 Å². The van der Waals surface area contributed by atoms with Gasteiger partial charge in [0.2, 0.25) is 0 Å². The van der Waals surface area contributed by atoms with Gasteiger partial charge >= 0.3 is 0 Å². The van der Waals surface area contributed by atoms with Crippen LogP contribution in [-0.4, -0.2) is 32.1 Å². The van der Waals surface area contributed by atoms with Crippen molar-refractivity contribution in [1.82, 2.24) is 10.2 Å². The fraction of sp³-hybridized carbons (Fsp3) is 0.571. The predicted molar refractivity (Wildman–Crippen MR) is 70.5 cm³/mol. The summed E-state index contributed by atoms with van der Waals surface area (Å²) in [7, 11) is 4.20. The third-order valence-corrected chi connectivity index (χ3v) is 2.65. The summed E-state index contributed by atoms with van der Waals surface area (Å²) in [4.78, 5) is 2.38. The molecule has 1 aromatic rings. The maximum atomic E-state index is 3.25. The lowest BCUT2D eigenvalue weighted by molar-refractivity contribution is 0.201. The number of benzene rings is 1. The first-order valence-electron chi connectivity index (χ1n) is 5.90. The van der Waals surface area contributed by atoms with Gasteiger partial charge in [-0.1, -0.05) is 44.2 Å². The summed E-state index contributed by atoms with van der Waals surface area (Å²) in [5, 5.41) is 3.25. The fourth-order valence-corrected chi connectivity index (χ4v) is 2.22. The maximum Gasteiger partial charge on any atom is 0.0230 e. The van der Waals surface area contributed by atoms with Crippen LogP contribution in [0, 0.1) is 5.41 Å². The van der Waals surface area contributed by atoms with E-state index in [1.165, 1.54) is 5.56 Å². The molecule has 1 N–H and O–H groups in total. The Balaban J connectivity index is 2.44. The maximum absolute atomic E-state index is 3.25. The van der Waals surface area contributed by atoms with Crippen molar-refractivity contribution in [2.45, 2.75) is 20.4 Å². The second-order valence-electron chi connectivity index (χ2n) is 5.35. The summed E-state index contributed by atoms with van der Waals surface area (Å²) < 4.78 is 0. The summed E-state index contributed by atoms with van der Waals surface area (Å²) in [6, 6.07) is 10.6. The average molecular weight is 220 g/mol. The van der Waals surface area contributed by atoms with Gasteiger partial charge in [0.15, 0.2) is 0 Å². The smallest absolute Gasteiger partial charge is 0.0230 e. The van der Waals surface area contributed by atoms with Crippen molar-refractivity contribution >= 4 is 0 Å². The zero-order valence-electron chi connectivity index (χ0n) is 11.0. The van der Waals surface area contributed by atoms with Gasteiger partial charge in [0.25, 0.3) is 0 Å². The second kappa shape index (κ2) is 6.02. The summed E-state index contributed by atoms with van der Waals surface area (Å²) >= 11 is 0. The number of nitrogens with one attached hydrogen (secondary N) is 1. The van der Waals surface area contributed by atoms with Gasteiger partial charge in [0, 0.05) is 19.6 Å². The van der Waals surface area contributed by atoms with Gasteiger partial charge in [-0.25, -0.2) is 0 Å². The van der Waals surface area contributed by atoms with Crippen molar-refractivity contribution < 1.29 is 0 Å². The van der Waals surface area contributed by atoms with E-state index in [2.05, 4.69) is 61.4 Å². The van der Waals surface area contributed by atoms with Crippen LogP contribution >= 0.6 is 0 Å². The first kappa shape index (κ1) is 13.2. The summed E-state index contributed by atoms with van der Waals surface area (Å²) in [6.07, 6.45) is 0. The Morgan fingerprint density at radius 3 is 2.38 bits per heavy atom. The molecule has 0 atom stereocenters. The van der Waals surface area contributed by atoms with Crippen LogP contribution in [0.5, 0.6) is 0 Å². The number of nitrogens with zero attached hydrogens (tertiary/aromatic N) is 1. The van der Waals surface area contributed by atoms with Crippen molar-refractivity contribution in [2.24, 2.45) is 5.41 Å². The lowest BCUT2D eigenvalue weighted by Gasteiger charge is -2.30. The zero-order valence-corrected chi connectivity index (χ0v) is 11.0. The van der Waals surface area contributed by atoms with Gasteiger partial charge < -0.3 is 10.2 Å². The Labute approximate surface area is 99.7 Å². The van der Waals surface area contributed by atoms with E-state index in [0.29, 0.717) is 5.41 Å². The molecule has 0 radical (unpaired) electrons. The number of hydrogen-bond donors (Lipinski definition) is 1. The van der Waals surface area contributed by atoms with Crippen molar-refractivity contribution in [3.63, 3.8) is 0 Å². The van der Waals surface area contributed by atoms with Crippen LogP contribution in [0.15, 0.2) is 30.3 Å². The van der Waals surface area contributed by atoms with E-state index in [0.717, 1.165) is 19.6 Å². The molecule has 0 fully saturated rings. The Bertz CT molecular complexity index is 293.